The Hall–Kier alpha value is -2.63. The fourth-order valence-electron chi connectivity index (χ4n) is 8.36. The van der Waals surface area contributed by atoms with Crippen molar-refractivity contribution < 1.29 is 28.6 Å². The number of hydrogen-bond acceptors (Lipinski definition) is 6. The Balaban J connectivity index is 4.37. The van der Waals surface area contributed by atoms with Crippen LogP contribution in [0, 0.1) is 0 Å². The van der Waals surface area contributed by atoms with Crippen molar-refractivity contribution in [2.45, 2.75) is 309 Å². The summed E-state index contributed by atoms with van der Waals surface area (Å²) in [5.41, 5.74) is 0. The first-order valence-corrected chi connectivity index (χ1v) is 29.2. The predicted molar refractivity (Wildman–Crippen MR) is 289 cm³/mol. The Morgan fingerprint density at radius 2 is 0.537 bits per heavy atom. The average molecular weight is 940 g/mol. The quantitative estimate of drug-likeness (QED) is 0.0199. The van der Waals surface area contributed by atoms with E-state index in [4.69, 9.17) is 14.2 Å². The number of carbonyl (C=O) groups is 3. The van der Waals surface area contributed by atoms with Crippen LogP contribution in [0.25, 0.3) is 0 Å². The molecule has 0 rings (SSSR count). The Kier molecular flexibility index (Phi) is 53.8. The van der Waals surface area contributed by atoms with Crippen LogP contribution in [0.4, 0.5) is 0 Å². The van der Waals surface area contributed by atoms with Crippen LogP contribution in [-0.2, 0) is 28.6 Å². The van der Waals surface area contributed by atoms with E-state index in [0.29, 0.717) is 19.3 Å². The summed E-state index contributed by atoms with van der Waals surface area (Å²) >= 11 is 0. The number of hydrogen-bond donors (Lipinski definition) is 0. The summed E-state index contributed by atoms with van der Waals surface area (Å²) in [4.78, 5) is 38.2. The minimum absolute atomic E-state index is 0.0801. The van der Waals surface area contributed by atoms with Crippen molar-refractivity contribution in [3.05, 3.63) is 48.6 Å². The maximum absolute atomic E-state index is 12.8. The molecule has 0 N–H and O–H groups in total. The van der Waals surface area contributed by atoms with Crippen LogP contribution < -0.4 is 0 Å². The molecule has 67 heavy (non-hydrogen) atoms. The third-order valence-corrected chi connectivity index (χ3v) is 12.8. The van der Waals surface area contributed by atoms with Crippen LogP contribution >= 0.6 is 0 Å². The van der Waals surface area contributed by atoms with Crippen molar-refractivity contribution in [2.24, 2.45) is 0 Å². The normalized spacial score (nSPS) is 12.3. The van der Waals surface area contributed by atoms with Crippen molar-refractivity contribution in [1.82, 2.24) is 0 Å². The molecule has 1 unspecified atom stereocenters. The number of allylic oxidation sites excluding steroid dienone is 8. The van der Waals surface area contributed by atoms with Gasteiger partial charge in [-0.3, -0.25) is 14.4 Å². The third-order valence-electron chi connectivity index (χ3n) is 12.8. The van der Waals surface area contributed by atoms with Gasteiger partial charge in [0.25, 0.3) is 0 Å². The minimum atomic E-state index is -0.782. The smallest absolute Gasteiger partial charge is 0.306 e. The molecule has 0 aromatic carbocycles. The van der Waals surface area contributed by atoms with Crippen LogP contribution in [0.1, 0.15) is 303 Å². The molecule has 0 aliphatic heterocycles. The van der Waals surface area contributed by atoms with Gasteiger partial charge in [-0.05, 0) is 96.3 Å². The van der Waals surface area contributed by atoms with Gasteiger partial charge in [0.05, 0.1) is 0 Å². The van der Waals surface area contributed by atoms with Crippen LogP contribution in [0.3, 0.4) is 0 Å². The molecule has 0 fully saturated rings. The molecule has 0 aliphatic rings. The Labute approximate surface area is 416 Å². The van der Waals surface area contributed by atoms with Gasteiger partial charge >= 0.3 is 17.9 Å². The highest BCUT2D eigenvalue weighted by atomic mass is 16.6. The first kappa shape index (κ1) is 64.4. The van der Waals surface area contributed by atoms with E-state index in [1.807, 2.05) is 0 Å². The van der Waals surface area contributed by atoms with E-state index < -0.39 is 6.10 Å². The van der Waals surface area contributed by atoms with Crippen molar-refractivity contribution in [2.75, 3.05) is 13.2 Å². The van der Waals surface area contributed by atoms with Gasteiger partial charge in [-0.15, -0.1) is 0 Å². The molecule has 390 valence electrons. The van der Waals surface area contributed by atoms with Gasteiger partial charge in [0.1, 0.15) is 13.2 Å². The van der Waals surface area contributed by atoms with Gasteiger partial charge in [0, 0.05) is 19.3 Å². The highest BCUT2D eigenvalue weighted by Gasteiger charge is 2.19. The molecular weight excluding hydrogens is 829 g/mol. The van der Waals surface area contributed by atoms with Gasteiger partial charge < -0.3 is 14.2 Å². The van der Waals surface area contributed by atoms with E-state index in [1.54, 1.807) is 0 Å². The highest BCUT2D eigenvalue weighted by Crippen LogP contribution is 2.15. The molecule has 0 aliphatic carbocycles. The SMILES string of the molecule is CCCCC/C=C\C=C/CCCCCCCCC(=O)OC(COC(=O)CCCCCCCCC/C=C\CCCCCC)COC(=O)CCCCCCCCC/C=C\CCCCCCCCCC. The number of rotatable bonds is 53. The minimum Gasteiger partial charge on any atom is -0.462 e. The monoisotopic (exact) mass is 939 g/mol. The lowest BCUT2D eigenvalue weighted by molar-refractivity contribution is -0.167. The highest BCUT2D eigenvalue weighted by molar-refractivity contribution is 5.71. The molecule has 0 heterocycles. The van der Waals surface area contributed by atoms with E-state index >= 15 is 0 Å². The predicted octanol–water partition coefficient (Wildman–Crippen LogP) is 19.4. The summed E-state index contributed by atoms with van der Waals surface area (Å²) < 4.78 is 16.9. The molecule has 6 nitrogen and oxygen atoms in total. The molecule has 0 bridgehead atoms. The summed E-state index contributed by atoms with van der Waals surface area (Å²) in [5, 5.41) is 0. The molecule has 0 saturated heterocycles. The van der Waals surface area contributed by atoms with Crippen molar-refractivity contribution in [1.29, 1.82) is 0 Å². The van der Waals surface area contributed by atoms with Gasteiger partial charge in [0.15, 0.2) is 6.10 Å². The molecule has 0 saturated carbocycles. The Morgan fingerprint density at radius 1 is 0.299 bits per heavy atom. The van der Waals surface area contributed by atoms with Gasteiger partial charge in [-0.25, -0.2) is 0 Å². The molecule has 1 atom stereocenters. The largest absolute Gasteiger partial charge is 0.462 e. The van der Waals surface area contributed by atoms with E-state index in [2.05, 4.69) is 69.4 Å². The first-order chi connectivity index (χ1) is 33.0. The number of unbranched alkanes of at least 4 members (excludes halogenated alkanes) is 35. The summed E-state index contributed by atoms with van der Waals surface area (Å²) in [6.07, 6.45) is 68.1. The molecule has 0 aromatic rings. The topological polar surface area (TPSA) is 78.9 Å². The fourth-order valence-corrected chi connectivity index (χ4v) is 8.36. The van der Waals surface area contributed by atoms with Crippen molar-refractivity contribution in [3.8, 4) is 0 Å². The fraction of sp³-hybridized carbons (Fsp3) is 0.820. The molecule has 0 amide bonds. The van der Waals surface area contributed by atoms with Gasteiger partial charge in [0.2, 0.25) is 0 Å². The molecule has 6 heteroatoms. The zero-order valence-corrected chi connectivity index (χ0v) is 44.7. The zero-order chi connectivity index (χ0) is 48.6. The van der Waals surface area contributed by atoms with E-state index in [-0.39, 0.29) is 31.1 Å². The number of carbonyl (C=O) groups excluding carboxylic acids is 3. The molecule has 0 spiro atoms. The van der Waals surface area contributed by atoms with Crippen LogP contribution in [-0.4, -0.2) is 37.2 Å². The second kappa shape index (κ2) is 56.0. The molecule has 0 aromatic heterocycles. The second-order valence-corrected chi connectivity index (χ2v) is 19.6. The summed E-state index contributed by atoms with van der Waals surface area (Å²) in [5.74, 6) is -0.887. The number of ether oxygens (including phenoxy) is 3. The maximum Gasteiger partial charge on any atom is 0.306 e. The van der Waals surface area contributed by atoms with E-state index in [0.717, 1.165) is 64.2 Å². The summed E-state index contributed by atoms with van der Waals surface area (Å²) in [6.45, 7) is 6.61. The number of esters is 3. The maximum atomic E-state index is 12.8. The Morgan fingerprint density at radius 3 is 0.881 bits per heavy atom. The lowest BCUT2D eigenvalue weighted by Crippen LogP contribution is -2.30. The van der Waals surface area contributed by atoms with Crippen molar-refractivity contribution >= 4 is 17.9 Å². The van der Waals surface area contributed by atoms with Crippen molar-refractivity contribution in [3.63, 3.8) is 0 Å². The standard InChI is InChI=1S/C61H110O6/c1-4-7-10-13-16-19-22-25-28-29-30-31-34-36-39-42-45-48-51-54-60(63)66-57-58(67-61(64)55-52-49-46-43-40-37-33-27-24-21-18-15-12-9-6-3)56-65-59(62)53-50-47-44-41-38-35-32-26-23-20-17-14-11-8-5-2/h18,20-21,23-24,27,29-30,58H,4-17,19,22,25-26,28,31-57H2,1-3H3/b21-18-,23-20-,27-24-,30-29-. The molecule has 0 radical (unpaired) electrons. The van der Waals surface area contributed by atoms with Crippen LogP contribution in [0.2, 0.25) is 0 Å². The van der Waals surface area contributed by atoms with Gasteiger partial charge in [-0.1, -0.05) is 236 Å². The summed E-state index contributed by atoms with van der Waals surface area (Å²) in [7, 11) is 0. The van der Waals surface area contributed by atoms with E-state index in [1.165, 1.54) is 199 Å². The van der Waals surface area contributed by atoms with Gasteiger partial charge in [-0.2, -0.15) is 0 Å². The first-order valence-electron chi connectivity index (χ1n) is 29.2. The average Bonchev–Trinajstić information content (AvgIpc) is 3.33. The van der Waals surface area contributed by atoms with Crippen LogP contribution in [0.15, 0.2) is 48.6 Å². The summed E-state index contributed by atoms with van der Waals surface area (Å²) in [6, 6.07) is 0. The van der Waals surface area contributed by atoms with Crippen LogP contribution in [0.5, 0.6) is 0 Å². The van der Waals surface area contributed by atoms with E-state index in [9.17, 15) is 14.4 Å². The second-order valence-electron chi connectivity index (χ2n) is 19.6. The zero-order valence-electron chi connectivity index (χ0n) is 44.7. The molecular formula is C61H110O6. The lowest BCUT2D eigenvalue weighted by Gasteiger charge is -2.18. The third kappa shape index (κ3) is 54.2. The lowest BCUT2D eigenvalue weighted by atomic mass is 10.1. The Bertz CT molecular complexity index is 1170.